The summed E-state index contributed by atoms with van der Waals surface area (Å²) in [5.74, 6) is 1.60. The summed E-state index contributed by atoms with van der Waals surface area (Å²) < 4.78 is 7.61. The maximum Gasteiger partial charge on any atom is 0.127 e. The van der Waals surface area contributed by atoms with E-state index < -0.39 is 0 Å². The first-order valence-corrected chi connectivity index (χ1v) is 9.36. The Morgan fingerprint density at radius 1 is 0.750 bits per heavy atom. The third kappa shape index (κ3) is 3.96. The second-order valence-electron chi connectivity index (χ2n) is 7.78. The Morgan fingerprint density at radius 2 is 1.39 bits per heavy atom. The molecule has 1 heterocycles. The minimum atomic E-state index is 0.139. The number of hydrogen-bond acceptors (Lipinski definition) is 3. The number of aromatic nitrogens is 3. The number of rotatable bonds is 4. The molecule has 0 aliphatic carbocycles. The zero-order valence-electron chi connectivity index (χ0n) is 16.3. The van der Waals surface area contributed by atoms with Crippen molar-refractivity contribution in [3.8, 4) is 28.4 Å². The Kier molecular flexibility index (Phi) is 4.70. The predicted octanol–water partition coefficient (Wildman–Crippen LogP) is 6.02. The quantitative estimate of drug-likeness (QED) is 0.441. The lowest BCUT2D eigenvalue weighted by Gasteiger charge is -2.18. The molecule has 0 amide bonds. The number of ether oxygens (including phenoxy) is 1. The lowest BCUT2D eigenvalue weighted by molar-refractivity contribution is 0.482. The van der Waals surface area contributed by atoms with Crippen LogP contribution in [0.25, 0.3) is 16.9 Å². The summed E-state index contributed by atoms with van der Waals surface area (Å²) in [5.41, 5.74) is 4.29. The fourth-order valence-electron chi connectivity index (χ4n) is 2.95. The fraction of sp³-hybridized carbons (Fsp3) is 0.167. The monoisotopic (exact) mass is 369 g/mol. The number of benzene rings is 3. The Morgan fingerprint density at radius 3 is 2.04 bits per heavy atom. The van der Waals surface area contributed by atoms with E-state index in [1.807, 2.05) is 60.8 Å². The molecule has 1 aromatic heterocycles. The maximum absolute atomic E-state index is 5.84. The van der Waals surface area contributed by atoms with E-state index in [4.69, 9.17) is 4.74 Å². The van der Waals surface area contributed by atoms with Gasteiger partial charge in [-0.1, -0.05) is 68.4 Å². The van der Waals surface area contributed by atoms with Crippen LogP contribution in [0.5, 0.6) is 11.5 Å². The topological polar surface area (TPSA) is 39.9 Å². The molecule has 0 spiro atoms. The van der Waals surface area contributed by atoms with Gasteiger partial charge in [-0.2, -0.15) is 0 Å². The first kappa shape index (κ1) is 18.0. The lowest BCUT2D eigenvalue weighted by atomic mass is 9.86. The molecule has 140 valence electrons. The summed E-state index contributed by atoms with van der Waals surface area (Å²) in [5, 5.41) is 8.60. The number of hydrogen-bond donors (Lipinski definition) is 0. The molecule has 0 saturated heterocycles. The molecule has 0 atom stereocenters. The first-order chi connectivity index (χ1) is 13.5. The van der Waals surface area contributed by atoms with Crippen LogP contribution in [-0.4, -0.2) is 15.0 Å². The molecule has 0 radical (unpaired) electrons. The highest BCUT2D eigenvalue weighted by Gasteiger charge is 2.14. The summed E-state index contributed by atoms with van der Waals surface area (Å²) in [7, 11) is 0. The highest BCUT2D eigenvalue weighted by Crippen LogP contribution is 2.26. The van der Waals surface area contributed by atoms with Gasteiger partial charge in [0.15, 0.2) is 0 Å². The van der Waals surface area contributed by atoms with Crippen LogP contribution in [-0.2, 0) is 5.41 Å². The van der Waals surface area contributed by atoms with Crippen LogP contribution >= 0.6 is 0 Å². The van der Waals surface area contributed by atoms with Gasteiger partial charge >= 0.3 is 0 Å². The van der Waals surface area contributed by atoms with E-state index in [0.29, 0.717) is 0 Å². The molecule has 0 fully saturated rings. The average Bonchev–Trinajstić information content (AvgIpc) is 3.19. The van der Waals surface area contributed by atoms with E-state index in [-0.39, 0.29) is 5.41 Å². The molecule has 28 heavy (non-hydrogen) atoms. The van der Waals surface area contributed by atoms with Gasteiger partial charge in [0, 0.05) is 5.56 Å². The summed E-state index contributed by atoms with van der Waals surface area (Å²) in [6.07, 6.45) is 1.94. The molecule has 0 bridgehead atoms. The Balaban J connectivity index is 1.51. The highest BCUT2D eigenvalue weighted by atomic mass is 16.5. The molecule has 4 heteroatoms. The van der Waals surface area contributed by atoms with Gasteiger partial charge in [0.2, 0.25) is 0 Å². The molecular weight excluding hydrogens is 346 g/mol. The largest absolute Gasteiger partial charge is 0.457 e. The van der Waals surface area contributed by atoms with Crippen LogP contribution in [0.4, 0.5) is 0 Å². The summed E-state index contributed by atoms with van der Waals surface area (Å²) in [6.45, 7) is 6.64. The van der Waals surface area contributed by atoms with Crippen molar-refractivity contribution >= 4 is 0 Å². The van der Waals surface area contributed by atoms with Crippen molar-refractivity contribution in [1.29, 1.82) is 0 Å². The van der Waals surface area contributed by atoms with E-state index in [9.17, 15) is 0 Å². The molecule has 4 rings (SSSR count). The molecule has 4 aromatic rings. The SMILES string of the molecule is CC(C)(C)c1ccc(-c2cn(-c3ccc(Oc4ccccc4)cc3)nn2)cc1. The normalized spacial score (nSPS) is 11.4. The van der Waals surface area contributed by atoms with Gasteiger partial charge in [-0.3, -0.25) is 0 Å². The Hall–Kier alpha value is -3.40. The minimum absolute atomic E-state index is 0.139. The number of para-hydroxylation sites is 1. The van der Waals surface area contributed by atoms with Crippen molar-refractivity contribution in [1.82, 2.24) is 15.0 Å². The van der Waals surface area contributed by atoms with Crippen LogP contribution in [0.15, 0.2) is 85.1 Å². The first-order valence-electron chi connectivity index (χ1n) is 9.36. The maximum atomic E-state index is 5.84. The van der Waals surface area contributed by atoms with E-state index >= 15 is 0 Å². The van der Waals surface area contributed by atoms with Crippen LogP contribution in [0.1, 0.15) is 26.3 Å². The van der Waals surface area contributed by atoms with E-state index in [2.05, 4.69) is 55.3 Å². The fourth-order valence-corrected chi connectivity index (χ4v) is 2.95. The van der Waals surface area contributed by atoms with E-state index in [0.717, 1.165) is 28.4 Å². The van der Waals surface area contributed by atoms with Crippen molar-refractivity contribution < 1.29 is 4.74 Å². The van der Waals surface area contributed by atoms with Crippen molar-refractivity contribution in [2.75, 3.05) is 0 Å². The Bertz CT molecular complexity index is 1040. The third-order valence-corrected chi connectivity index (χ3v) is 4.62. The molecule has 0 aliphatic rings. The van der Waals surface area contributed by atoms with E-state index in [1.54, 1.807) is 4.68 Å². The van der Waals surface area contributed by atoms with Crippen LogP contribution in [0.3, 0.4) is 0 Å². The zero-order valence-corrected chi connectivity index (χ0v) is 16.3. The molecule has 4 nitrogen and oxygen atoms in total. The highest BCUT2D eigenvalue weighted by molar-refractivity contribution is 5.59. The van der Waals surface area contributed by atoms with Gasteiger partial charge in [0.1, 0.15) is 17.2 Å². The molecule has 0 N–H and O–H groups in total. The zero-order chi connectivity index (χ0) is 19.6. The van der Waals surface area contributed by atoms with Crippen LogP contribution < -0.4 is 4.74 Å². The summed E-state index contributed by atoms with van der Waals surface area (Å²) in [6, 6.07) is 26.1. The predicted molar refractivity (Wildman–Crippen MR) is 112 cm³/mol. The van der Waals surface area contributed by atoms with Crippen molar-refractivity contribution in [2.24, 2.45) is 0 Å². The summed E-state index contributed by atoms with van der Waals surface area (Å²) >= 11 is 0. The second-order valence-corrected chi connectivity index (χ2v) is 7.78. The van der Waals surface area contributed by atoms with Gasteiger partial charge in [-0.05, 0) is 47.4 Å². The molecule has 0 saturated carbocycles. The van der Waals surface area contributed by atoms with Crippen molar-refractivity contribution in [3.05, 3.63) is 90.6 Å². The smallest absolute Gasteiger partial charge is 0.127 e. The average molecular weight is 369 g/mol. The van der Waals surface area contributed by atoms with Gasteiger partial charge < -0.3 is 4.74 Å². The van der Waals surface area contributed by atoms with Crippen molar-refractivity contribution in [3.63, 3.8) is 0 Å². The van der Waals surface area contributed by atoms with Gasteiger partial charge in [-0.15, -0.1) is 5.10 Å². The van der Waals surface area contributed by atoms with Gasteiger partial charge in [0.25, 0.3) is 0 Å². The van der Waals surface area contributed by atoms with Crippen LogP contribution in [0.2, 0.25) is 0 Å². The lowest BCUT2D eigenvalue weighted by Crippen LogP contribution is -2.10. The minimum Gasteiger partial charge on any atom is -0.457 e. The molecular formula is C24H23N3O. The third-order valence-electron chi connectivity index (χ3n) is 4.62. The summed E-state index contributed by atoms with van der Waals surface area (Å²) in [4.78, 5) is 0. The van der Waals surface area contributed by atoms with Crippen LogP contribution in [0, 0.1) is 0 Å². The van der Waals surface area contributed by atoms with Gasteiger partial charge in [0.05, 0.1) is 11.9 Å². The molecule has 0 aliphatic heterocycles. The standard InChI is InChI=1S/C24H23N3O/c1-24(2,3)19-11-9-18(10-12-19)23-17-27(26-25-23)20-13-15-22(16-14-20)28-21-7-5-4-6-8-21/h4-17H,1-3H3. The van der Waals surface area contributed by atoms with Crippen molar-refractivity contribution in [2.45, 2.75) is 26.2 Å². The molecule has 0 unspecified atom stereocenters. The van der Waals surface area contributed by atoms with E-state index in [1.165, 1.54) is 5.56 Å². The van der Waals surface area contributed by atoms with Gasteiger partial charge in [-0.25, -0.2) is 4.68 Å². The molecule has 3 aromatic carbocycles. The second kappa shape index (κ2) is 7.31. The number of nitrogens with zero attached hydrogens (tertiary/aromatic N) is 3. The Labute approximate surface area is 165 Å².